The van der Waals surface area contributed by atoms with E-state index in [4.69, 9.17) is 19.4 Å². The molecule has 0 saturated heterocycles. The lowest BCUT2D eigenvalue weighted by Gasteiger charge is -2.13. The van der Waals surface area contributed by atoms with Crippen molar-refractivity contribution in [2.75, 3.05) is 0 Å². The Bertz CT molecular complexity index is 3810. The Kier molecular flexibility index (Phi) is 7.21. The predicted molar refractivity (Wildman–Crippen MR) is 250 cm³/mol. The second kappa shape index (κ2) is 13.1. The number of nitrogens with zero attached hydrogens (tertiary/aromatic N) is 5. The Morgan fingerprint density at radius 1 is 0.311 bits per heavy atom. The summed E-state index contributed by atoms with van der Waals surface area (Å²) < 4.78 is 11.8. The zero-order valence-electron chi connectivity index (χ0n) is 32.7. The maximum Gasteiger partial charge on any atom is 0.167 e. The fraction of sp³-hybridized carbons (Fsp3) is 0. The molecule has 0 fully saturated rings. The summed E-state index contributed by atoms with van der Waals surface area (Å²) in [6.07, 6.45) is 0. The number of fused-ring (bicyclic) bond motifs is 11. The van der Waals surface area contributed by atoms with Gasteiger partial charge in [0.1, 0.15) is 11.2 Å². The third kappa shape index (κ3) is 5.12. The van der Waals surface area contributed by atoms with Crippen LogP contribution in [0.15, 0.2) is 205 Å². The van der Waals surface area contributed by atoms with Gasteiger partial charge < -0.3 is 13.6 Å². The van der Waals surface area contributed by atoms with Crippen LogP contribution in [0, 0.1) is 0 Å². The summed E-state index contributed by atoms with van der Waals surface area (Å²) in [6, 6.07) is 70.3. The Hall–Kier alpha value is -8.35. The molecule has 13 rings (SSSR count). The SMILES string of the molecule is c1ccc(-c2nc(-c3ccccc3)nc(-c3cc(-n4c5ccccc5c5cc6c7ccccc7n(-c7ccccc7)c6cc54)cc4c3oc3c5ccccc5ccc43)n2)cc1. The number of hydrogen-bond donors (Lipinski definition) is 0. The summed E-state index contributed by atoms with van der Waals surface area (Å²) in [4.78, 5) is 15.5. The molecule has 0 spiro atoms. The first-order valence-corrected chi connectivity index (χ1v) is 20.5. The summed E-state index contributed by atoms with van der Waals surface area (Å²) in [6.45, 7) is 0. The van der Waals surface area contributed by atoms with E-state index in [1.54, 1.807) is 0 Å². The Labute approximate surface area is 349 Å². The number of aromatic nitrogens is 5. The second-order valence-corrected chi connectivity index (χ2v) is 15.6. The predicted octanol–water partition coefficient (Wildman–Crippen LogP) is 14.1. The fourth-order valence-electron chi connectivity index (χ4n) is 9.38. The molecule has 13 aromatic rings. The normalized spacial score (nSPS) is 11.9. The minimum atomic E-state index is 0.537. The van der Waals surface area contributed by atoms with E-state index in [-0.39, 0.29) is 0 Å². The summed E-state index contributed by atoms with van der Waals surface area (Å²) in [7, 11) is 0. The van der Waals surface area contributed by atoms with Crippen LogP contribution in [-0.4, -0.2) is 24.1 Å². The number of rotatable bonds is 5. The van der Waals surface area contributed by atoms with Gasteiger partial charge in [-0.15, -0.1) is 0 Å². The Balaban J connectivity index is 1.16. The lowest BCUT2D eigenvalue weighted by molar-refractivity contribution is 0.673. The van der Waals surface area contributed by atoms with E-state index in [2.05, 4.69) is 149 Å². The highest BCUT2D eigenvalue weighted by atomic mass is 16.3. The van der Waals surface area contributed by atoms with Gasteiger partial charge in [-0.25, -0.2) is 15.0 Å². The van der Waals surface area contributed by atoms with E-state index < -0.39 is 0 Å². The van der Waals surface area contributed by atoms with Crippen molar-refractivity contribution in [2.45, 2.75) is 0 Å². The first kappa shape index (κ1) is 33.6. The average molecular weight is 780 g/mol. The summed E-state index contributed by atoms with van der Waals surface area (Å²) >= 11 is 0. The highest BCUT2D eigenvalue weighted by Crippen LogP contribution is 2.44. The van der Waals surface area contributed by atoms with Crippen LogP contribution in [-0.2, 0) is 0 Å². The molecule has 61 heavy (non-hydrogen) atoms. The van der Waals surface area contributed by atoms with Crippen LogP contribution in [0.1, 0.15) is 0 Å². The largest absolute Gasteiger partial charge is 0.455 e. The van der Waals surface area contributed by atoms with Gasteiger partial charge in [0.15, 0.2) is 17.5 Å². The molecular formula is C55H33N5O. The molecule has 4 aromatic heterocycles. The summed E-state index contributed by atoms with van der Waals surface area (Å²) in [5, 5.41) is 8.99. The maximum absolute atomic E-state index is 7.03. The van der Waals surface area contributed by atoms with Crippen LogP contribution >= 0.6 is 0 Å². The third-order valence-corrected chi connectivity index (χ3v) is 12.1. The van der Waals surface area contributed by atoms with Crippen molar-refractivity contribution in [3.05, 3.63) is 200 Å². The van der Waals surface area contributed by atoms with Crippen molar-refractivity contribution in [1.82, 2.24) is 24.1 Å². The zero-order valence-corrected chi connectivity index (χ0v) is 32.7. The van der Waals surface area contributed by atoms with Gasteiger partial charge in [0, 0.05) is 60.2 Å². The van der Waals surface area contributed by atoms with Crippen LogP contribution in [0.3, 0.4) is 0 Å². The molecule has 284 valence electrons. The minimum absolute atomic E-state index is 0.537. The van der Waals surface area contributed by atoms with Crippen LogP contribution in [0.2, 0.25) is 0 Å². The molecule has 0 aliphatic rings. The van der Waals surface area contributed by atoms with Gasteiger partial charge in [0.05, 0.1) is 27.6 Å². The van der Waals surface area contributed by atoms with Gasteiger partial charge in [-0.1, -0.05) is 146 Å². The molecule has 9 aromatic carbocycles. The Morgan fingerprint density at radius 3 is 1.48 bits per heavy atom. The molecule has 6 nitrogen and oxygen atoms in total. The minimum Gasteiger partial charge on any atom is -0.455 e. The monoisotopic (exact) mass is 779 g/mol. The molecule has 0 amide bonds. The third-order valence-electron chi connectivity index (χ3n) is 12.1. The first-order valence-electron chi connectivity index (χ1n) is 20.5. The highest BCUT2D eigenvalue weighted by Gasteiger charge is 2.23. The van der Waals surface area contributed by atoms with E-state index in [0.29, 0.717) is 17.5 Å². The van der Waals surface area contributed by atoms with Crippen LogP contribution in [0.5, 0.6) is 0 Å². The molecule has 4 heterocycles. The molecule has 6 heteroatoms. The highest BCUT2D eigenvalue weighted by molar-refractivity contribution is 6.21. The van der Waals surface area contributed by atoms with E-state index in [0.717, 1.165) is 77.3 Å². The molecule has 0 unspecified atom stereocenters. The number of para-hydroxylation sites is 3. The van der Waals surface area contributed by atoms with Crippen molar-refractivity contribution in [3.8, 4) is 45.5 Å². The standard InChI is InChI=1S/C55H33N5O/c1-4-17-35(18-5-1)53-56-54(36-19-6-2-7-20-36)58-55(57-53)46-31-38(30-45-42-29-28-34-16-10-11-23-39(34)51(42)61-52(45)46)60-48-27-15-13-25-41(48)44-32-43-40-24-12-14-26-47(40)59(49(43)33-50(44)60)37-21-8-3-9-22-37/h1-33H. The molecule has 0 radical (unpaired) electrons. The van der Waals surface area contributed by atoms with E-state index in [1.165, 1.54) is 27.1 Å². The number of hydrogen-bond acceptors (Lipinski definition) is 4. The van der Waals surface area contributed by atoms with Gasteiger partial charge >= 0.3 is 0 Å². The molecule has 0 saturated carbocycles. The summed E-state index contributed by atoms with van der Waals surface area (Å²) in [5.74, 6) is 1.73. The lowest BCUT2D eigenvalue weighted by atomic mass is 10.0. The topological polar surface area (TPSA) is 61.7 Å². The van der Waals surface area contributed by atoms with Crippen molar-refractivity contribution >= 4 is 76.3 Å². The molecule has 0 bridgehead atoms. The average Bonchev–Trinajstić information content (AvgIpc) is 3.99. The summed E-state index contributed by atoms with van der Waals surface area (Å²) in [5.41, 5.74) is 10.8. The van der Waals surface area contributed by atoms with Crippen LogP contribution in [0.25, 0.3) is 122 Å². The quantitative estimate of drug-likeness (QED) is 0.175. The Morgan fingerprint density at radius 2 is 0.836 bits per heavy atom. The first-order chi connectivity index (χ1) is 30.2. The maximum atomic E-state index is 7.03. The zero-order chi connectivity index (χ0) is 40.0. The van der Waals surface area contributed by atoms with Gasteiger partial charge in [0.25, 0.3) is 0 Å². The van der Waals surface area contributed by atoms with Crippen LogP contribution < -0.4 is 0 Å². The molecule has 0 N–H and O–H groups in total. The van der Waals surface area contributed by atoms with Crippen LogP contribution in [0.4, 0.5) is 0 Å². The van der Waals surface area contributed by atoms with Gasteiger partial charge in [0.2, 0.25) is 0 Å². The lowest BCUT2D eigenvalue weighted by Crippen LogP contribution is -2.01. The van der Waals surface area contributed by atoms with E-state index in [9.17, 15) is 0 Å². The fourth-order valence-corrected chi connectivity index (χ4v) is 9.38. The molecule has 0 aliphatic heterocycles. The van der Waals surface area contributed by atoms with E-state index in [1.807, 2.05) is 60.7 Å². The number of benzene rings is 9. The van der Waals surface area contributed by atoms with Crippen molar-refractivity contribution in [3.63, 3.8) is 0 Å². The second-order valence-electron chi connectivity index (χ2n) is 15.6. The van der Waals surface area contributed by atoms with Crippen molar-refractivity contribution in [2.24, 2.45) is 0 Å². The van der Waals surface area contributed by atoms with E-state index >= 15 is 0 Å². The molecule has 0 aliphatic carbocycles. The number of furan rings is 1. The van der Waals surface area contributed by atoms with Gasteiger partial charge in [-0.05, 0) is 60.0 Å². The smallest absolute Gasteiger partial charge is 0.167 e. The van der Waals surface area contributed by atoms with Gasteiger partial charge in [-0.2, -0.15) is 0 Å². The van der Waals surface area contributed by atoms with Gasteiger partial charge in [-0.3, -0.25) is 0 Å². The molecule has 0 atom stereocenters. The van der Waals surface area contributed by atoms with Crippen molar-refractivity contribution < 1.29 is 4.42 Å². The molecular weight excluding hydrogens is 747 g/mol. The van der Waals surface area contributed by atoms with Crippen molar-refractivity contribution in [1.29, 1.82) is 0 Å².